The third-order valence-electron chi connectivity index (χ3n) is 1.85. The number of carbonyl (C=O) groups excluding carboxylic acids is 1. The van der Waals surface area contributed by atoms with Crippen molar-refractivity contribution in [1.29, 1.82) is 0 Å². The number of benzene rings is 1. The number of aliphatic hydroxyl groups is 1. The van der Waals surface area contributed by atoms with E-state index in [1.807, 2.05) is 0 Å². The molecule has 0 unspecified atom stereocenters. The molecule has 0 bridgehead atoms. The summed E-state index contributed by atoms with van der Waals surface area (Å²) in [6.07, 6.45) is 0.696. The van der Waals surface area contributed by atoms with Crippen molar-refractivity contribution in [3.05, 3.63) is 35.6 Å². The fraction of sp³-hybridized carbons (Fsp3) is 0.364. The summed E-state index contributed by atoms with van der Waals surface area (Å²) in [6, 6.07) is 5.55. The molecule has 1 aromatic rings. The highest BCUT2D eigenvalue weighted by molar-refractivity contribution is 7.99. The number of rotatable bonds is 6. The molecule has 1 aromatic carbocycles. The van der Waals surface area contributed by atoms with Gasteiger partial charge in [0.15, 0.2) is 5.78 Å². The Morgan fingerprint density at radius 1 is 1.33 bits per heavy atom. The second-order valence-corrected chi connectivity index (χ2v) is 4.16. The Morgan fingerprint density at radius 2 is 2.00 bits per heavy atom. The second kappa shape index (κ2) is 6.58. The Bertz CT molecular complexity index is 311. The fourth-order valence-electron chi connectivity index (χ4n) is 1.05. The van der Waals surface area contributed by atoms with Crippen molar-refractivity contribution < 1.29 is 14.3 Å². The van der Waals surface area contributed by atoms with Crippen LogP contribution < -0.4 is 0 Å². The molecule has 0 saturated heterocycles. The van der Waals surface area contributed by atoms with E-state index in [0.717, 1.165) is 5.75 Å². The van der Waals surface area contributed by atoms with E-state index in [0.29, 0.717) is 17.7 Å². The van der Waals surface area contributed by atoms with Crippen molar-refractivity contribution in [1.82, 2.24) is 0 Å². The van der Waals surface area contributed by atoms with Gasteiger partial charge in [0.2, 0.25) is 0 Å². The van der Waals surface area contributed by atoms with Crippen molar-refractivity contribution in [3.63, 3.8) is 0 Å². The van der Waals surface area contributed by atoms with E-state index in [9.17, 15) is 9.18 Å². The molecule has 0 fully saturated rings. The molecule has 0 spiro atoms. The van der Waals surface area contributed by atoms with Crippen LogP contribution in [0.1, 0.15) is 16.8 Å². The van der Waals surface area contributed by atoms with Crippen LogP contribution in [0.2, 0.25) is 0 Å². The van der Waals surface area contributed by atoms with E-state index in [4.69, 9.17) is 5.11 Å². The highest BCUT2D eigenvalue weighted by atomic mass is 32.2. The highest BCUT2D eigenvalue weighted by Crippen LogP contribution is 2.09. The van der Waals surface area contributed by atoms with Crippen LogP contribution in [-0.4, -0.2) is 29.0 Å². The molecule has 4 heteroatoms. The molecule has 0 saturated carbocycles. The van der Waals surface area contributed by atoms with E-state index in [2.05, 4.69) is 0 Å². The van der Waals surface area contributed by atoms with Gasteiger partial charge in [-0.1, -0.05) is 0 Å². The summed E-state index contributed by atoms with van der Waals surface area (Å²) in [5.41, 5.74) is 0.535. The zero-order chi connectivity index (χ0) is 11.1. The van der Waals surface area contributed by atoms with Crippen molar-refractivity contribution in [3.8, 4) is 0 Å². The van der Waals surface area contributed by atoms with Crippen molar-refractivity contribution >= 4 is 17.5 Å². The van der Waals surface area contributed by atoms with E-state index >= 15 is 0 Å². The minimum atomic E-state index is -0.334. The standard InChI is InChI=1S/C11H13FO2S/c12-10-4-2-9(3-5-10)11(14)8-15-7-1-6-13/h2-5,13H,1,6-8H2. The van der Waals surface area contributed by atoms with Crippen LogP contribution in [0.15, 0.2) is 24.3 Å². The van der Waals surface area contributed by atoms with Crippen molar-refractivity contribution in [2.75, 3.05) is 18.1 Å². The Morgan fingerprint density at radius 3 is 2.60 bits per heavy atom. The summed E-state index contributed by atoms with van der Waals surface area (Å²) in [5, 5.41) is 8.54. The molecule has 2 nitrogen and oxygen atoms in total. The number of hydrogen-bond donors (Lipinski definition) is 1. The molecule has 0 radical (unpaired) electrons. The zero-order valence-electron chi connectivity index (χ0n) is 8.28. The Labute approximate surface area is 92.5 Å². The van der Waals surface area contributed by atoms with Crippen LogP contribution in [0.5, 0.6) is 0 Å². The van der Waals surface area contributed by atoms with Gasteiger partial charge in [0.1, 0.15) is 5.82 Å². The fourth-order valence-corrected chi connectivity index (χ4v) is 1.88. The molecule has 0 amide bonds. The summed E-state index contributed by atoms with van der Waals surface area (Å²) in [6.45, 7) is 0.151. The van der Waals surface area contributed by atoms with Gasteiger partial charge in [-0.15, -0.1) is 0 Å². The number of thioether (sulfide) groups is 1. The summed E-state index contributed by atoms with van der Waals surface area (Å²) in [7, 11) is 0. The van der Waals surface area contributed by atoms with Gasteiger partial charge < -0.3 is 5.11 Å². The van der Waals surface area contributed by atoms with Gasteiger partial charge in [-0.3, -0.25) is 4.79 Å². The molecule has 1 rings (SSSR count). The van der Waals surface area contributed by atoms with E-state index < -0.39 is 0 Å². The lowest BCUT2D eigenvalue weighted by atomic mass is 10.1. The maximum absolute atomic E-state index is 12.6. The normalized spacial score (nSPS) is 10.3. The summed E-state index contributed by atoms with van der Waals surface area (Å²) in [5.74, 6) is 0.812. The number of ketones is 1. The molecule has 0 aliphatic heterocycles. The second-order valence-electron chi connectivity index (χ2n) is 3.06. The zero-order valence-corrected chi connectivity index (χ0v) is 9.10. The Kier molecular flexibility index (Phi) is 5.36. The first kappa shape index (κ1) is 12.2. The number of Topliss-reactive ketones (excluding diaryl/α,β-unsaturated/α-hetero) is 1. The maximum Gasteiger partial charge on any atom is 0.172 e. The first-order valence-electron chi connectivity index (χ1n) is 4.71. The van der Waals surface area contributed by atoms with Gasteiger partial charge in [0, 0.05) is 12.2 Å². The van der Waals surface area contributed by atoms with Gasteiger partial charge in [-0.2, -0.15) is 11.8 Å². The molecule has 0 atom stereocenters. The van der Waals surface area contributed by atoms with Crippen LogP contribution in [-0.2, 0) is 0 Å². The van der Waals surface area contributed by atoms with E-state index in [-0.39, 0.29) is 18.2 Å². The molecule has 82 valence electrons. The summed E-state index contributed by atoms with van der Waals surface area (Å²) >= 11 is 1.48. The first-order chi connectivity index (χ1) is 7.24. The van der Waals surface area contributed by atoms with Gasteiger partial charge >= 0.3 is 0 Å². The molecular weight excluding hydrogens is 215 g/mol. The molecule has 0 aliphatic carbocycles. The SMILES string of the molecule is O=C(CSCCCO)c1ccc(F)cc1. The third-order valence-corrected chi connectivity index (χ3v) is 2.89. The van der Waals surface area contributed by atoms with E-state index in [1.54, 1.807) is 0 Å². The third kappa shape index (κ3) is 4.44. The summed E-state index contributed by atoms with van der Waals surface area (Å²) < 4.78 is 12.6. The number of halogens is 1. The summed E-state index contributed by atoms with van der Waals surface area (Å²) in [4.78, 5) is 11.5. The quantitative estimate of drug-likeness (QED) is 0.598. The van der Waals surface area contributed by atoms with Gasteiger partial charge in [0.25, 0.3) is 0 Å². The molecule has 0 aromatic heterocycles. The average molecular weight is 228 g/mol. The van der Waals surface area contributed by atoms with Crippen LogP contribution in [0.25, 0.3) is 0 Å². The van der Waals surface area contributed by atoms with Crippen LogP contribution in [0.4, 0.5) is 4.39 Å². The molecular formula is C11H13FO2S. The van der Waals surface area contributed by atoms with Crippen LogP contribution in [0.3, 0.4) is 0 Å². The number of hydrogen-bond acceptors (Lipinski definition) is 3. The first-order valence-corrected chi connectivity index (χ1v) is 5.87. The Hall–Kier alpha value is -0.870. The Balaban J connectivity index is 2.37. The number of carbonyl (C=O) groups is 1. The van der Waals surface area contributed by atoms with Crippen molar-refractivity contribution in [2.24, 2.45) is 0 Å². The lowest BCUT2D eigenvalue weighted by molar-refractivity contribution is 0.102. The molecule has 0 aliphatic rings. The average Bonchev–Trinajstić information content (AvgIpc) is 2.25. The minimum Gasteiger partial charge on any atom is -0.396 e. The molecule has 1 N–H and O–H groups in total. The topological polar surface area (TPSA) is 37.3 Å². The van der Waals surface area contributed by atoms with Gasteiger partial charge in [-0.25, -0.2) is 4.39 Å². The van der Waals surface area contributed by atoms with Crippen molar-refractivity contribution in [2.45, 2.75) is 6.42 Å². The number of aliphatic hydroxyl groups excluding tert-OH is 1. The van der Waals surface area contributed by atoms with Gasteiger partial charge in [-0.05, 0) is 36.4 Å². The predicted octanol–water partition coefficient (Wildman–Crippen LogP) is 2.12. The largest absolute Gasteiger partial charge is 0.396 e. The van der Waals surface area contributed by atoms with Crippen LogP contribution >= 0.6 is 11.8 Å². The highest BCUT2D eigenvalue weighted by Gasteiger charge is 2.05. The lowest BCUT2D eigenvalue weighted by Crippen LogP contribution is -2.03. The van der Waals surface area contributed by atoms with Crippen LogP contribution in [0, 0.1) is 5.82 Å². The smallest absolute Gasteiger partial charge is 0.172 e. The lowest BCUT2D eigenvalue weighted by Gasteiger charge is -2.00. The predicted molar refractivity (Wildman–Crippen MR) is 59.8 cm³/mol. The molecule has 0 heterocycles. The van der Waals surface area contributed by atoms with Gasteiger partial charge in [0.05, 0.1) is 5.75 Å². The van der Waals surface area contributed by atoms with E-state index in [1.165, 1.54) is 36.0 Å². The monoisotopic (exact) mass is 228 g/mol. The maximum atomic E-state index is 12.6. The minimum absolute atomic E-state index is 0.00191. The molecule has 15 heavy (non-hydrogen) atoms.